The summed E-state index contributed by atoms with van der Waals surface area (Å²) in [6.07, 6.45) is 4.02. The summed E-state index contributed by atoms with van der Waals surface area (Å²) in [5, 5.41) is 0. The number of nitrogens with two attached hydrogens (primary N) is 1. The van der Waals surface area contributed by atoms with Crippen molar-refractivity contribution in [2.24, 2.45) is 5.73 Å². The average molecular weight is 181 g/mol. The van der Waals surface area contributed by atoms with Gasteiger partial charge in [-0.3, -0.25) is 9.80 Å². The molecular formula is C10H19N3. The van der Waals surface area contributed by atoms with Gasteiger partial charge < -0.3 is 5.73 Å². The Morgan fingerprint density at radius 1 is 1.23 bits per heavy atom. The molecule has 4 rings (SSSR count). The summed E-state index contributed by atoms with van der Waals surface area (Å²) >= 11 is 0. The number of nitrogens with zero attached hydrogens (tertiary/aromatic N) is 2. The van der Waals surface area contributed by atoms with Crippen LogP contribution in [-0.4, -0.2) is 54.1 Å². The lowest BCUT2D eigenvalue weighted by atomic mass is 9.65. The second kappa shape index (κ2) is 2.69. The van der Waals surface area contributed by atoms with Crippen molar-refractivity contribution in [3.63, 3.8) is 0 Å². The first-order valence-corrected chi connectivity index (χ1v) is 5.56. The highest BCUT2D eigenvalue weighted by Gasteiger charge is 2.57. The van der Waals surface area contributed by atoms with Crippen LogP contribution in [0.25, 0.3) is 0 Å². The fourth-order valence-electron chi connectivity index (χ4n) is 3.68. The van der Waals surface area contributed by atoms with Crippen molar-refractivity contribution in [2.45, 2.75) is 30.8 Å². The normalized spacial score (nSPS) is 52.8. The first kappa shape index (κ1) is 8.21. The van der Waals surface area contributed by atoms with Crippen LogP contribution in [0, 0.1) is 0 Å². The van der Waals surface area contributed by atoms with Gasteiger partial charge in [-0.1, -0.05) is 0 Å². The van der Waals surface area contributed by atoms with E-state index in [0.717, 1.165) is 12.6 Å². The summed E-state index contributed by atoms with van der Waals surface area (Å²) < 4.78 is 0. The Bertz CT molecular complexity index is 206. The SMILES string of the molecule is NCCC12CCC1N1CCN2CC1. The van der Waals surface area contributed by atoms with E-state index < -0.39 is 0 Å². The van der Waals surface area contributed by atoms with Crippen LogP contribution in [0.4, 0.5) is 0 Å². The fourth-order valence-corrected chi connectivity index (χ4v) is 3.68. The molecule has 1 aliphatic carbocycles. The molecule has 0 aromatic rings. The lowest BCUT2D eigenvalue weighted by molar-refractivity contribution is -0.158. The van der Waals surface area contributed by atoms with E-state index in [-0.39, 0.29) is 0 Å². The van der Waals surface area contributed by atoms with Gasteiger partial charge in [-0.25, -0.2) is 0 Å². The molecule has 3 saturated heterocycles. The molecule has 0 radical (unpaired) electrons. The second-order valence-corrected chi connectivity index (χ2v) is 4.72. The lowest BCUT2D eigenvalue weighted by Crippen LogP contribution is -2.78. The summed E-state index contributed by atoms with van der Waals surface area (Å²) in [4.78, 5) is 5.41. The van der Waals surface area contributed by atoms with E-state index in [1.165, 1.54) is 45.4 Å². The summed E-state index contributed by atoms with van der Waals surface area (Å²) in [7, 11) is 0. The fraction of sp³-hybridized carbons (Fsp3) is 1.00. The van der Waals surface area contributed by atoms with Gasteiger partial charge in [-0.2, -0.15) is 0 Å². The van der Waals surface area contributed by atoms with Crippen LogP contribution in [0.3, 0.4) is 0 Å². The zero-order chi connectivity index (χ0) is 8.89. The number of hydrogen-bond donors (Lipinski definition) is 1. The Kier molecular flexibility index (Phi) is 1.70. The molecule has 2 bridgehead atoms. The Morgan fingerprint density at radius 3 is 2.46 bits per heavy atom. The molecule has 3 heteroatoms. The number of piperazine rings is 3. The van der Waals surface area contributed by atoms with E-state index >= 15 is 0 Å². The maximum absolute atomic E-state index is 5.73. The largest absolute Gasteiger partial charge is 0.330 e. The van der Waals surface area contributed by atoms with Gasteiger partial charge in [0.15, 0.2) is 0 Å². The Hall–Kier alpha value is -0.120. The average Bonchev–Trinajstić information content (AvgIpc) is 2.12. The zero-order valence-corrected chi connectivity index (χ0v) is 8.21. The van der Waals surface area contributed by atoms with Crippen molar-refractivity contribution in [3.8, 4) is 0 Å². The maximum Gasteiger partial charge on any atom is 0.0378 e. The summed E-state index contributed by atoms with van der Waals surface area (Å²) in [5.41, 5.74) is 6.25. The van der Waals surface area contributed by atoms with Gasteiger partial charge in [0.2, 0.25) is 0 Å². The van der Waals surface area contributed by atoms with Crippen LogP contribution < -0.4 is 5.73 Å². The van der Waals surface area contributed by atoms with Gasteiger partial charge in [-0.15, -0.1) is 0 Å². The Morgan fingerprint density at radius 2 is 2.00 bits per heavy atom. The van der Waals surface area contributed by atoms with Gasteiger partial charge in [-0.05, 0) is 25.8 Å². The van der Waals surface area contributed by atoms with E-state index in [0.29, 0.717) is 5.54 Å². The van der Waals surface area contributed by atoms with E-state index in [4.69, 9.17) is 5.73 Å². The van der Waals surface area contributed by atoms with Crippen molar-refractivity contribution in [2.75, 3.05) is 32.7 Å². The smallest absolute Gasteiger partial charge is 0.0378 e. The molecule has 0 aromatic carbocycles. The van der Waals surface area contributed by atoms with Gasteiger partial charge in [0.05, 0.1) is 0 Å². The predicted octanol–water partition coefficient (Wildman–Crippen LogP) is -0.132. The minimum atomic E-state index is 0.519. The minimum Gasteiger partial charge on any atom is -0.330 e. The van der Waals surface area contributed by atoms with Crippen LogP contribution in [0.5, 0.6) is 0 Å². The molecule has 74 valence electrons. The summed E-state index contributed by atoms with van der Waals surface area (Å²) in [6, 6.07) is 0.860. The molecule has 4 aliphatic rings. The topological polar surface area (TPSA) is 32.5 Å². The van der Waals surface area contributed by atoms with Crippen molar-refractivity contribution < 1.29 is 0 Å². The molecule has 0 amide bonds. The second-order valence-electron chi connectivity index (χ2n) is 4.72. The van der Waals surface area contributed by atoms with E-state index in [1.54, 1.807) is 0 Å². The highest BCUT2D eigenvalue weighted by atomic mass is 15.4. The highest BCUT2D eigenvalue weighted by molar-refractivity contribution is 5.14. The monoisotopic (exact) mass is 181 g/mol. The molecule has 2 atom stereocenters. The molecule has 0 aromatic heterocycles. The van der Waals surface area contributed by atoms with Crippen LogP contribution in [-0.2, 0) is 0 Å². The van der Waals surface area contributed by atoms with Crippen molar-refractivity contribution in [1.29, 1.82) is 0 Å². The van der Waals surface area contributed by atoms with Gasteiger partial charge in [0, 0.05) is 37.8 Å². The van der Waals surface area contributed by atoms with E-state index in [1.807, 2.05) is 0 Å². The molecule has 3 heterocycles. The van der Waals surface area contributed by atoms with Gasteiger partial charge in [0.25, 0.3) is 0 Å². The first-order valence-electron chi connectivity index (χ1n) is 5.56. The standard InChI is InChI=1S/C10H19N3/c11-4-3-10-2-1-9(10)12-5-7-13(10)8-6-12/h9H,1-8,11H2. The minimum absolute atomic E-state index is 0.519. The van der Waals surface area contributed by atoms with Crippen LogP contribution >= 0.6 is 0 Å². The third kappa shape index (κ3) is 0.901. The van der Waals surface area contributed by atoms with E-state index in [9.17, 15) is 0 Å². The number of rotatable bonds is 2. The molecule has 13 heavy (non-hydrogen) atoms. The molecule has 3 nitrogen and oxygen atoms in total. The molecule has 3 aliphatic heterocycles. The van der Waals surface area contributed by atoms with Gasteiger partial charge in [0.1, 0.15) is 0 Å². The van der Waals surface area contributed by atoms with E-state index in [2.05, 4.69) is 9.80 Å². The third-order valence-electron chi connectivity index (χ3n) is 4.43. The molecule has 4 fully saturated rings. The predicted molar refractivity (Wildman–Crippen MR) is 52.6 cm³/mol. The van der Waals surface area contributed by atoms with Crippen molar-refractivity contribution >= 4 is 0 Å². The molecule has 2 N–H and O–H groups in total. The van der Waals surface area contributed by atoms with Crippen LogP contribution in [0.1, 0.15) is 19.3 Å². The molecular weight excluding hydrogens is 162 g/mol. The summed E-state index contributed by atoms with van der Waals surface area (Å²) in [5.74, 6) is 0. The maximum atomic E-state index is 5.73. The quantitative estimate of drug-likeness (QED) is 0.644. The lowest BCUT2D eigenvalue weighted by Gasteiger charge is -2.67. The molecule has 0 spiro atoms. The third-order valence-corrected chi connectivity index (χ3v) is 4.43. The molecule has 2 unspecified atom stereocenters. The highest BCUT2D eigenvalue weighted by Crippen LogP contribution is 2.47. The summed E-state index contributed by atoms with van der Waals surface area (Å²) in [6.45, 7) is 6.04. The first-order chi connectivity index (χ1) is 6.37. The number of fused-ring (bicyclic) bond motifs is 2. The zero-order valence-electron chi connectivity index (χ0n) is 8.21. The van der Waals surface area contributed by atoms with Crippen LogP contribution in [0.15, 0.2) is 0 Å². The Labute approximate surface area is 79.9 Å². The van der Waals surface area contributed by atoms with Gasteiger partial charge >= 0.3 is 0 Å². The van der Waals surface area contributed by atoms with Crippen molar-refractivity contribution in [1.82, 2.24) is 9.80 Å². The number of hydrogen-bond acceptors (Lipinski definition) is 3. The molecule has 1 saturated carbocycles. The van der Waals surface area contributed by atoms with Crippen molar-refractivity contribution in [3.05, 3.63) is 0 Å². The van der Waals surface area contributed by atoms with Crippen LogP contribution in [0.2, 0.25) is 0 Å². The Balaban J connectivity index is 1.86.